The molecule has 1 fully saturated rings. The average Bonchev–Trinajstić information content (AvgIpc) is 3.56. The fourth-order valence-electron chi connectivity index (χ4n) is 4.58. The molecular formula is C28H32N5O10P. The Balaban J connectivity index is 1.77. The van der Waals surface area contributed by atoms with Crippen molar-refractivity contribution < 1.29 is 46.9 Å². The number of nitrogen functional groups attached to an aromatic ring is 1. The van der Waals surface area contributed by atoms with E-state index >= 15 is 0 Å². The molecule has 0 spiro atoms. The van der Waals surface area contributed by atoms with Gasteiger partial charge in [-0.25, -0.2) is 9.08 Å². The normalized spacial score (nSPS) is 23.2. The molecule has 1 aromatic carbocycles. The van der Waals surface area contributed by atoms with Gasteiger partial charge < -0.3 is 29.2 Å². The first-order valence-corrected chi connectivity index (χ1v) is 15.0. The lowest BCUT2D eigenvalue weighted by atomic mass is 9.95. The first-order chi connectivity index (χ1) is 21.0. The number of hydrogen-bond donors (Lipinski definition) is 2. The minimum absolute atomic E-state index is 0.0870. The molecular weight excluding hydrogens is 597 g/mol. The predicted molar refractivity (Wildman–Crippen MR) is 153 cm³/mol. The second-order valence-electron chi connectivity index (χ2n) is 9.77. The lowest BCUT2D eigenvalue weighted by molar-refractivity contribution is -0.168. The van der Waals surface area contributed by atoms with Gasteiger partial charge >= 0.3 is 25.7 Å². The molecule has 1 aliphatic rings. The first kappa shape index (κ1) is 32.4. The maximum Gasteiger partial charge on any atom is 0.459 e. The topological polar surface area (TPSA) is 203 Å². The molecule has 3 N–H and O–H groups in total. The summed E-state index contributed by atoms with van der Waals surface area (Å²) in [5, 5.41) is 17.3. The van der Waals surface area contributed by atoms with Gasteiger partial charge in [0.05, 0.1) is 24.0 Å². The Bertz CT molecular complexity index is 1610. The average molecular weight is 630 g/mol. The van der Waals surface area contributed by atoms with Crippen LogP contribution >= 0.6 is 7.75 Å². The van der Waals surface area contributed by atoms with Gasteiger partial charge in [0.25, 0.3) is 0 Å². The standard InChI is InChI=1S/C28H32N5O10P/c1-5-23(35)41-26-25(40-18(3)34)24(22-12-11-21-20(30)13-14-31-33(21)22)42-28(26,15-29)16-39-44(37,32-17(2)27(36)38-4)43-19-9-7-6-8-10-19/h6-14,17,24-26H,5,16,30H2,1-4H3,(H,32,37)/t17-,24-,25-,26-,28+,44-/m0/s1. The molecule has 3 aromatic rings. The summed E-state index contributed by atoms with van der Waals surface area (Å²) >= 11 is 0. The molecule has 44 heavy (non-hydrogen) atoms. The molecule has 0 saturated carbocycles. The van der Waals surface area contributed by atoms with Crippen molar-refractivity contribution in [2.45, 2.75) is 57.1 Å². The van der Waals surface area contributed by atoms with Crippen LogP contribution in [0.2, 0.25) is 0 Å². The van der Waals surface area contributed by atoms with E-state index in [4.69, 9.17) is 33.7 Å². The minimum atomic E-state index is -4.48. The van der Waals surface area contributed by atoms with Crippen molar-refractivity contribution >= 4 is 36.9 Å². The molecule has 1 saturated heterocycles. The molecule has 234 valence electrons. The van der Waals surface area contributed by atoms with E-state index in [-0.39, 0.29) is 12.2 Å². The van der Waals surface area contributed by atoms with Gasteiger partial charge in [0.1, 0.15) is 30.6 Å². The molecule has 3 heterocycles. The van der Waals surface area contributed by atoms with E-state index in [9.17, 15) is 24.2 Å². The van der Waals surface area contributed by atoms with Gasteiger partial charge in [-0.05, 0) is 37.3 Å². The SMILES string of the molecule is CCC(=O)O[C@H]1[C@@H](OC(C)=O)[C@H](c2ccc3c(N)ccnn23)O[C@]1(C#N)CO[P@@](=O)(N[C@@H](C)C(=O)OC)Oc1ccccc1. The maximum absolute atomic E-state index is 14.0. The fourth-order valence-corrected chi connectivity index (χ4v) is 6.11. The number of para-hydroxylation sites is 1. The Hall–Kier alpha value is -4.48. The van der Waals surface area contributed by atoms with Gasteiger partial charge in [0.15, 0.2) is 12.2 Å². The summed E-state index contributed by atoms with van der Waals surface area (Å²) in [7, 11) is -3.33. The Labute approximate surface area is 252 Å². The van der Waals surface area contributed by atoms with E-state index in [0.29, 0.717) is 16.9 Å². The Morgan fingerprint density at radius 1 is 1.20 bits per heavy atom. The minimum Gasteiger partial charge on any atom is -0.468 e. The third-order valence-corrected chi connectivity index (χ3v) is 8.29. The van der Waals surface area contributed by atoms with Crippen molar-refractivity contribution in [2.75, 3.05) is 19.5 Å². The van der Waals surface area contributed by atoms with Crippen molar-refractivity contribution in [1.82, 2.24) is 14.7 Å². The molecule has 16 heteroatoms. The van der Waals surface area contributed by atoms with E-state index in [1.54, 1.807) is 36.4 Å². The second-order valence-corrected chi connectivity index (χ2v) is 11.5. The van der Waals surface area contributed by atoms with Crippen LogP contribution in [0, 0.1) is 11.3 Å². The number of nitriles is 1. The lowest BCUT2D eigenvalue weighted by Gasteiger charge is -2.30. The zero-order chi connectivity index (χ0) is 32.1. The van der Waals surface area contributed by atoms with Crippen LogP contribution in [0.25, 0.3) is 5.52 Å². The van der Waals surface area contributed by atoms with Crippen molar-refractivity contribution in [3.05, 3.63) is 60.4 Å². The molecule has 0 amide bonds. The van der Waals surface area contributed by atoms with Gasteiger partial charge in [-0.2, -0.15) is 15.4 Å². The van der Waals surface area contributed by atoms with E-state index in [0.717, 1.165) is 14.0 Å². The van der Waals surface area contributed by atoms with E-state index in [1.807, 2.05) is 6.07 Å². The van der Waals surface area contributed by atoms with Crippen molar-refractivity contribution in [2.24, 2.45) is 0 Å². The summed E-state index contributed by atoms with van der Waals surface area (Å²) in [5.41, 5.74) is 5.10. The molecule has 6 atom stereocenters. The molecule has 15 nitrogen and oxygen atoms in total. The van der Waals surface area contributed by atoms with Crippen molar-refractivity contribution in [1.29, 1.82) is 5.26 Å². The number of benzene rings is 1. The molecule has 0 bridgehead atoms. The summed E-state index contributed by atoms with van der Waals surface area (Å²) < 4.78 is 49.1. The van der Waals surface area contributed by atoms with Crippen LogP contribution in [0.3, 0.4) is 0 Å². The monoisotopic (exact) mass is 629 g/mol. The summed E-state index contributed by atoms with van der Waals surface area (Å²) in [6.45, 7) is 3.22. The quantitative estimate of drug-likeness (QED) is 0.168. The number of hydrogen-bond acceptors (Lipinski definition) is 13. The van der Waals surface area contributed by atoms with Crippen molar-refractivity contribution in [3.8, 4) is 11.8 Å². The zero-order valence-electron chi connectivity index (χ0n) is 24.4. The van der Waals surface area contributed by atoms with E-state index < -0.39 is 62.2 Å². The molecule has 0 aliphatic carbocycles. The number of methoxy groups -OCH3 is 1. The highest BCUT2D eigenvalue weighted by molar-refractivity contribution is 7.52. The number of nitrogens with two attached hydrogens (primary N) is 1. The zero-order valence-corrected chi connectivity index (χ0v) is 25.3. The van der Waals surface area contributed by atoms with Gasteiger partial charge in [-0.1, -0.05) is 25.1 Å². The highest BCUT2D eigenvalue weighted by atomic mass is 31.2. The van der Waals surface area contributed by atoms with Crippen LogP contribution in [0.15, 0.2) is 54.7 Å². The number of anilines is 1. The highest BCUT2D eigenvalue weighted by Gasteiger charge is 2.62. The molecule has 2 aromatic heterocycles. The van der Waals surface area contributed by atoms with Crippen LogP contribution in [0.5, 0.6) is 5.75 Å². The number of nitrogens with one attached hydrogen (secondary N) is 1. The number of nitrogens with zero attached hydrogens (tertiary/aromatic N) is 3. The molecule has 0 radical (unpaired) electrons. The number of fused-ring (bicyclic) bond motifs is 1. The summed E-state index contributed by atoms with van der Waals surface area (Å²) in [4.78, 5) is 37.0. The third kappa shape index (κ3) is 6.84. The third-order valence-electron chi connectivity index (χ3n) is 6.66. The van der Waals surface area contributed by atoms with E-state index in [2.05, 4.69) is 10.2 Å². The predicted octanol–water partition coefficient (Wildman–Crippen LogP) is 2.86. The summed E-state index contributed by atoms with van der Waals surface area (Å²) in [6, 6.07) is 13.6. The van der Waals surface area contributed by atoms with Gasteiger partial charge in [-0.3, -0.25) is 18.9 Å². The highest BCUT2D eigenvalue weighted by Crippen LogP contribution is 2.50. The number of aromatic nitrogens is 2. The molecule has 0 unspecified atom stereocenters. The number of ether oxygens (including phenoxy) is 4. The lowest BCUT2D eigenvalue weighted by Crippen LogP contribution is -2.49. The largest absolute Gasteiger partial charge is 0.468 e. The molecule has 4 rings (SSSR count). The Morgan fingerprint density at radius 3 is 2.57 bits per heavy atom. The Kier molecular flexibility index (Phi) is 9.91. The summed E-state index contributed by atoms with van der Waals surface area (Å²) in [6.07, 6.45) is -2.81. The first-order valence-electron chi connectivity index (χ1n) is 13.5. The van der Waals surface area contributed by atoms with Crippen LogP contribution in [-0.2, 0) is 42.4 Å². The number of rotatable bonds is 12. The van der Waals surface area contributed by atoms with Crippen LogP contribution in [-0.4, -0.2) is 65.1 Å². The maximum atomic E-state index is 14.0. The summed E-state index contributed by atoms with van der Waals surface area (Å²) in [5.74, 6) is -2.14. The number of esters is 3. The van der Waals surface area contributed by atoms with Gasteiger partial charge in [-0.15, -0.1) is 0 Å². The fraction of sp³-hybridized carbons (Fsp3) is 0.393. The molecule has 1 aliphatic heterocycles. The Morgan fingerprint density at radius 2 is 1.93 bits per heavy atom. The van der Waals surface area contributed by atoms with Crippen LogP contribution in [0.1, 0.15) is 39.0 Å². The van der Waals surface area contributed by atoms with E-state index in [1.165, 1.54) is 36.7 Å². The van der Waals surface area contributed by atoms with Gasteiger partial charge in [0, 0.05) is 19.5 Å². The second kappa shape index (κ2) is 13.4. The smallest absolute Gasteiger partial charge is 0.459 e. The number of carbonyl (C=O) groups is 3. The van der Waals surface area contributed by atoms with Crippen LogP contribution in [0.4, 0.5) is 5.69 Å². The van der Waals surface area contributed by atoms with Crippen LogP contribution < -0.4 is 15.3 Å². The number of carbonyl (C=O) groups excluding carboxylic acids is 3. The van der Waals surface area contributed by atoms with Gasteiger partial charge in [0.2, 0.25) is 5.60 Å². The van der Waals surface area contributed by atoms with Crippen molar-refractivity contribution in [3.63, 3.8) is 0 Å².